The smallest absolute Gasteiger partial charge is 0.310 e. The Morgan fingerprint density at radius 1 is 1.38 bits per heavy atom. The zero-order valence-electron chi connectivity index (χ0n) is 15.3. The molecule has 1 atom stereocenters. The first kappa shape index (κ1) is 19.4. The van der Waals surface area contributed by atoms with Gasteiger partial charge in [0, 0.05) is 13.0 Å². The standard InChI is InChI=1S/C17H23N5O4/c1-11-19-20-21-22(11)14(9-12-6-5-7-13(8-12)26-4)15(23)18-10-17(2,3)16(24)25/h5-8,14H,9-10H2,1-4H3,(H,18,23)(H,24,25). The van der Waals surface area contributed by atoms with Crippen LogP contribution in [0.25, 0.3) is 0 Å². The second-order valence-corrected chi connectivity index (χ2v) is 6.65. The largest absolute Gasteiger partial charge is 0.497 e. The van der Waals surface area contributed by atoms with E-state index in [1.165, 1.54) is 4.68 Å². The lowest BCUT2D eigenvalue weighted by Gasteiger charge is -2.23. The van der Waals surface area contributed by atoms with Gasteiger partial charge in [0.05, 0.1) is 12.5 Å². The molecule has 26 heavy (non-hydrogen) atoms. The number of carboxylic acids is 1. The number of hydrogen-bond acceptors (Lipinski definition) is 6. The van der Waals surface area contributed by atoms with Crippen LogP contribution in [-0.4, -0.2) is 50.8 Å². The van der Waals surface area contributed by atoms with Crippen LogP contribution in [0.3, 0.4) is 0 Å². The van der Waals surface area contributed by atoms with Crippen LogP contribution in [0.4, 0.5) is 0 Å². The van der Waals surface area contributed by atoms with Crippen LogP contribution in [-0.2, 0) is 16.0 Å². The van der Waals surface area contributed by atoms with Gasteiger partial charge in [-0.3, -0.25) is 9.59 Å². The van der Waals surface area contributed by atoms with Crippen LogP contribution < -0.4 is 10.1 Å². The molecule has 0 spiro atoms. The Labute approximate surface area is 151 Å². The zero-order chi connectivity index (χ0) is 19.3. The molecule has 2 N–H and O–H groups in total. The molecule has 0 aliphatic carbocycles. The first-order valence-electron chi connectivity index (χ1n) is 8.13. The Morgan fingerprint density at radius 2 is 2.12 bits per heavy atom. The van der Waals surface area contributed by atoms with Crippen molar-refractivity contribution in [3.63, 3.8) is 0 Å². The SMILES string of the molecule is COc1cccc(CC(C(=O)NCC(C)(C)C(=O)O)n2nnnc2C)c1. The number of aryl methyl sites for hydroxylation is 1. The molecular weight excluding hydrogens is 338 g/mol. The van der Waals surface area contributed by atoms with Crippen molar-refractivity contribution in [2.75, 3.05) is 13.7 Å². The van der Waals surface area contributed by atoms with Gasteiger partial charge in [-0.25, -0.2) is 4.68 Å². The molecule has 1 heterocycles. The topological polar surface area (TPSA) is 119 Å². The average molecular weight is 361 g/mol. The van der Waals surface area contributed by atoms with Gasteiger partial charge < -0.3 is 15.2 Å². The van der Waals surface area contributed by atoms with Crippen LogP contribution in [0.1, 0.15) is 31.3 Å². The van der Waals surface area contributed by atoms with Crippen LogP contribution >= 0.6 is 0 Å². The van der Waals surface area contributed by atoms with Crippen molar-refractivity contribution >= 4 is 11.9 Å². The van der Waals surface area contributed by atoms with Crippen molar-refractivity contribution in [2.45, 2.75) is 33.2 Å². The quantitative estimate of drug-likeness (QED) is 0.720. The highest BCUT2D eigenvalue weighted by atomic mass is 16.5. The summed E-state index contributed by atoms with van der Waals surface area (Å²) in [7, 11) is 1.57. The second kappa shape index (κ2) is 7.94. The van der Waals surface area contributed by atoms with Gasteiger partial charge in [-0.2, -0.15) is 0 Å². The second-order valence-electron chi connectivity index (χ2n) is 6.65. The number of ether oxygens (including phenoxy) is 1. The van der Waals surface area contributed by atoms with E-state index in [9.17, 15) is 14.7 Å². The molecule has 1 unspecified atom stereocenters. The number of benzene rings is 1. The van der Waals surface area contributed by atoms with Crippen molar-refractivity contribution in [3.05, 3.63) is 35.7 Å². The van der Waals surface area contributed by atoms with E-state index >= 15 is 0 Å². The van der Waals surface area contributed by atoms with Crippen molar-refractivity contribution in [1.82, 2.24) is 25.5 Å². The van der Waals surface area contributed by atoms with Crippen LogP contribution in [0.2, 0.25) is 0 Å². The molecule has 0 aliphatic rings. The molecule has 0 bridgehead atoms. The summed E-state index contributed by atoms with van der Waals surface area (Å²) in [5.41, 5.74) is -0.205. The number of hydrogen-bond donors (Lipinski definition) is 2. The first-order valence-corrected chi connectivity index (χ1v) is 8.13. The van der Waals surface area contributed by atoms with Gasteiger partial charge in [0.15, 0.2) is 0 Å². The van der Waals surface area contributed by atoms with E-state index < -0.39 is 17.4 Å². The molecule has 1 aromatic heterocycles. The fraction of sp³-hybridized carbons (Fsp3) is 0.471. The number of nitrogens with zero attached hydrogens (tertiary/aromatic N) is 4. The third-order valence-electron chi connectivity index (χ3n) is 4.10. The molecule has 140 valence electrons. The lowest BCUT2D eigenvalue weighted by atomic mass is 9.93. The molecule has 0 radical (unpaired) electrons. The molecule has 0 fully saturated rings. The maximum absolute atomic E-state index is 12.8. The third kappa shape index (κ3) is 4.56. The van der Waals surface area contributed by atoms with E-state index in [2.05, 4.69) is 20.8 Å². The Kier molecular flexibility index (Phi) is 5.91. The summed E-state index contributed by atoms with van der Waals surface area (Å²) in [6, 6.07) is 6.66. The summed E-state index contributed by atoms with van der Waals surface area (Å²) in [4.78, 5) is 24.0. The maximum Gasteiger partial charge on any atom is 0.310 e. The minimum absolute atomic E-state index is 0.00303. The van der Waals surface area contributed by atoms with E-state index in [1.807, 2.05) is 24.3 Å². The van der Waals surface area contributed by atoms with E-state index in [0.717, 1.165) is 5.56 Å². The van der Waals surface area contributed by atoms with E-state index in [-0.39, 0.29) is 12.5 Å². The van der Waals surface area contributed by atoms with Gasteiger partial charge in [0.25, 0.3) is 0 Å². The monoisotopic (exact) mass is 361 g/mol. The molecular formula is C17H23N5O4. The van der Waals surface area contributed by atoms with Gasteiger partial charge in [-0.1, -0.05) is 12.1 Å². The molecule has 2 rings (SSSR count). The van der Waals surface area contributed by atoms with Gasteiger partial charge in [-0.05, 0) is 48.9 Å². The minimum atomic E-state index is -1.08. The van der Waals surface area contributed by atoms with Gasteiger partial charge in [0.2, 0.25) is 5.91 Å². The molecule has 9 nitrogen and oxygen atoms in total. The maximum atomic E-state index is 12.8. The number of amides is 1. The normalized spacial score (nSPS) is 12.5. The number of carbonyl (C=O) groups is 2. The van der Waals surface area contributed by atoms with Crippen LogP contribution in [0, 0.1) is 12.3 Å². The summed E-state index contributed by atoms with van der Waals surface area (Å²) >= 11 is 0. The predicted octanol–water partition coefficient (Wildman–Crippen LogP) is 1.00. The molecule has 0 aliphatic heterocycles. The molecule has 1 amide bonds. The fourth-order valence-corrected chi connectivity index (χ4v) is 2.34. The number of carboxylic acid groups (broad SMARTS) is 1. The van der Waals surface area contributed by atoms with Crippen molar-refractivity contribution < 1.29 is 19.4 Å². The highest BCUT2D eigenvalue weighted by Crippen LogP contribution is 2.20. The summed E-state index contributed by atoms with van der Waals surface area (Å²) in [5, 5.41) is 23.3. The highest BCUT2D eigenvalue weighted by molar-refractivity contribution is 5.82. The third-order valence-corrected chi connectivity index (χ3v) is 4.10. The summed E-state index contributed by atoms with van der Waals surface area (Å²) in [6.45, 7) is 4.80. The molecule has 0 saturated carbocycles. The van der Waals surface area contributed by atoms with Crippen molar-refractivity contribution in [1.29, 1.82) is 0 Å². The number of aromatic nitrogens is 4. The Balaban J connectivity index is 2.23. The molecule has 9 heteroatoms. The molecule has 0 saturated heterocycles. The number of tetrazole rings is 1. The Morgan fingerprint density at radius 3 is 2.69 bits per heavy atom. The number of rotatable bonds is 8. The zero-order valence-corrected chi connectivity index (χ0v) is 15.3. The molecule has 2 aromatic rings. The van der Waals surface area contributed by atoms with Gasteiger partial charge >= 0.3 is 5.97 Å². The fourth-order valence-electron chi connectivity index (χ4n) is 2.34. The lowest BCUT2D eigenvalue weighted by Crippen LogP contribution is -2.42. The predicted molar refractivity (Wildman–Crippen MR) is 92.7 cm³/mol. The summed E-state index contributed by atoms with van der Waals surface area (Å²) in [6.07, 6.45) is 0.336. The number of nitrogens with one attached hydrogen (secondary N) is 1. The lowest BCUT2D eigenvalue weighted by molar-refractivity contribution is -0.146. The van der Waals surface area contributed by atoms with Crippen LogP contribution in [0.5, 0.6) is 5.75 Å². The molecule has 1 aromatic carbocycles. The summed E-state index contributed by atoms with van der Waals surface area (Å²) < 4.78 is 6.65. The van der Waals surface area contributed by atoms with Crippen molar-refractivity contribution in [3.8, 4) is 5.75 Å². The van der Waals surface area contributed by atoms with E-state index in [4.69, 9.17) is 4.74 Å². The van der Waals surface area contributed by atoms with Gasteiger partial charge in [-0.15, -0.1) is 5.10 Å². The Hall–Kier alpha value is -2.97. The van der Waals surface area contributed by atoms with E-state index in [1.54, 1.807) is 27.9 Å². The minimum Gasteiger partial charge on any atom is -0.497 e. The number of carbonyl (C=O) groups excluding carboxylic acids is 1. The first-order chi connectivity index (χ1) is 12.2. The Bertz CT molecular complexity index is 787. The van der Waals surface area contributed by atoms with E-state index in [0.29, 0.717) is 18.0 Å². The van der Waals surface area contributed by atoms with Crippen molar-refractivity contribution in [2.24, 2.45) is 5.41 Å². The van der Waals surface area contributed by atoms with Crippen LogP contribution in [0.15, 0.2) is 24.3 Å². The average Bonchev–Trinajstić information content (AvgIpc) is 3.03. The summed E-state index contributed by atoms with van der Waals surface area (Å²) in [5.74, 6) is -0.161. The highest BCUT2D eigenvalue weighted by Gasteiger charge is 2.30. The number of aliphatic carboxylic acids is 1. The van der Waals surface area contributed by atoms with Gasteiger partial charge in [0.1, 0.15) is 17.6 Å². The number of methoxy groups -OCH3 is 1.